The zero-order valence-corrected chi connectivity index (χ0v) is 10.3. The SMILES string of the molecule is CC(C)Cn1ncc(NC2CC2)c(Cl)c1=O. The molecule has 1 aromatic heterocycles. The van der Waals surface area contributed by atoms with Crippen molar-refractivity contribution in [1.82, 2.24) is 9.78 Å². The molecule has 0 radical (unpaired) electrons. The van der Waals surface area contributed by atoms with E-state index in [4.69, 9.17) is 11.6 Å². The van der Waals surface area contributed by atoms with Gasteiger partial charge in [0, 0.05) is 12.6 Å². The number of hydrogen-bond donors (Lipinski definition) is 1. The third-order valence-electron chi connectivity index (χ3n) is 2.46. The third-order valence-corrected chi connectivity index (χ3v) is 2.83. The molecule has 0 amide bonds. The Kier molecular flexibility index (Phi) is 3.19. The lowest BCUT2D eigenvalue weighted by atomic mass is 10.2. The minimum absolute atomic E-state index is 0.207. The number of anilines is 1. The third kappa shape index (κ3) is 2.55. The van der Waals surface area contributed by atoms with Crippen molar-refractivity contribution in [2.75, 3.05) is 5.32 Å². The van der Waals surface area contributed by atoms with Crippen molar-refractivity contribution in [1.29, 1.82) is 0 Å². The number of halogens is 1. The molecule has 1 aliphatic carbocycles. The molecule has 0 bridgehead atoms. The van der Waals surface area contributed by atoms with E-state index in [1.54, 1.807) is 6.20 Å². The molecule has 1 heterocycles. The van der Waals surface area contributed by atoms with E-state index in [1.807, 2.05) is 13.8 Å². The van der Waals surface area contributed by atoms with Crippen LogP contribution in [0.3, 0.4) is 0 Å². The quantitative estimate of drug-likeness (QED) is 0.879. The van der Waals surface area contributed by atoms with Crippen LogP contribution in [-0.4, -0.2) is 15.8 Å². The van der Waals surface area contributed by atoms with E-state index in [-0.39, 0.29) is 10.6 Å². The Balaban J connectivity index is 2.24. The predicted molar refractivity (Wildman–Crippen MR) is 65.0 cm³/mol. The molecule has 0 aliphatic heterocycles. The van der Waals surface area contributed by atoms with E-state index in [0.29, 0.717) is 24.2 Å². The van der Waals surface area contributed by atoms with Gasteiger partial charge in [0.15, 0.2) is 0 Å². The van der Waals surface area contributed by atoms with Gasteiger partial charge in [-0.15, -0.1) is 0 Å². The smallest absolute Gasteiger partial charge is 0.287 e. The predicted octanol–water partition coefficient (Wildman–Crippen LogP) is 2.13. The van der Waals surface area contributed by atoms with Gasteiger partial charge in [-0.25, -0.2) is 4.68 Å². The van der Waals surface area contributed by atoms with E-state index in [2.05, 4.69) is 10.4 Å². The Hall–Kier alpha value is -1.03. The van der Waals surface area contributed by atoms with Gasteiger partial charge >= 0.3 is 0 Å². The van der Waals surface area contributed by atoms with E-state index >= 15 is 0 Å². The molecule has 1 aromatic rings. The Bertz CT molecular complexity index is 437. The van der Waals surface area contributed by atoms with Crippen LogP contribution in [0.15, 0.2) is 11.0 Å². The van der Waals surface area contributed by atoms with Crippen molar-refractivity contribution in [3.05, 3.63) is 21.6 Å². The summed E-state index contributed by atoms with van der Waals surface area (Å²) in [4.78, 5) is 11.9. The van der Waals surface area contributed by atoms with Crippen LogP contribution < -0.4 is 10.9 Å². The largest absolute Gasteiger partial charge is 0.380 e. The summed E-state index contributed by atoms with van der Waals surface area (Å²) in [5.74, 6) is 0.378. The number of nitrogens with one attached hydrogen (secondary N) is 1. The fourth-order valence-corrected chi connectivity index (χ4v) is 1.69. The summed E-state index contributed by atoms with van der Waals surface area (Å²) in [7, 11) is 0. The van der Waals surface area contributed by atoms with Crippen molar-refractivity contribution < 1.29 is 0 Å². The fourth-order valence-electron chi connectivity index (χ4n) is 1.49. The molecular formula is C11H16ClN3O. The van der Waals surface area contributed by atoms with Crippen molar-refractivity contribution >= 4 is 17.3 Å². The number of aromatic nitrogens is 2. The van der Waals surface area contributed by atoms with Crippen molar-refractivity contribution in [2.45, 2.75) is 39.3 Å². The summed E-state index contributed by atoms with van der Waals surface area (Å²) < 4.78 is 1.42. The molecule has 1 fully saturated rings. The van der Waals surface area contributed by atoms with Gasteiger partial charge in [-0.3, -0.25) is 4.79 Å². The topological polar surface area (TPSA) is 46.9 Å². The van der Waals surface area contributed by atoms with Gasteiger partial charge in [0.05, 0.1) is 11.9 Å². The molecule has 1 saturated carbocycles. The van der Waals surface area contributed by atoms with Crippen molar-refractivity contribution in [2.24, 2.45) is 5.92 Å². The molecule has 88 valence electrons. The van der Waals surface area contributed by atoms with Gasteiger partial charge in [-0.1, -0.05) is 25.4 Å². The number of hydrogen-bond acceptors (Lipinski definition) is 3. The molecule has 4 nitrogen and oxygen atoms in total. The molecule has 0 atom stereocenters. The zero-order chi connectivity index (χ0) is 11.7. The summed E-state index contributed by atoms with van der Waals surface area (Å²) in [6, 6.07) is 0.472. The molecule has 0 unspecified atom stereocenters. The molecule has 0 aromatic carbocycles. The molecule has 1 aliphatic rings. The van der Waals surface area contributed by atoms with Gasteiger partial charge < -0.3 is 5.32 Å². The first-order chi connectivity index (χ1) is 7.58. The van der Waals surface area contributed by atoms with Crippen molar-refractivity contribution in [3.63, 3.8) is 0 Å². The lowest BCUT2D eigenvalue weighted by Gasteiger charge is -2.10. The molecule has 5 heteroatoms. The van der Waals surface area contributed by atoms with Crippen LogP contribution in [0.25, 0.3) is 0 Å². The maximum absolute atomic E-state index is 11.9. The monoisotopic (exact) mass is 241 g/mol. The van der Waals surface area contributed by atoms with Crippen LogP contribution in [-0.2, 0) is 6.54 Å². The highest BCUT2D eigenvalue weighted by atomic mass is 35.5. The second-order valence-corrected chi connectivity index (χ2v) is 5.05. The molecule has 1 N–H and O–H groups in total. The maximum atomic E-state index is 11.9. The summed E-state index contributed by atoms with van der Waals surface area (Å²) in [6.07, 6.45) is 3.93. The number of nitrogens with zero attached hydrogens (tertiary/aromatic N) is 2. The first kappa shape index (κ1) is 11.5. The van der Waals surface area contributed by atoms with Gasteiger partial charge in [-0.05, 0) is 18.8 Å². The standard InChI is InChI=1S/C11H16ClN3O/c1-7(2)6-15-11(16)10(12)9(5-13-15)14-8-3-4-8/h5,7-8,14H,3-4,6H2,1-2H3. The van der Waals surface area contributed by atoms with Crippen LogP contribution in [0.1, 0.15) is 26.7 Å². The lowest BCUT2D eigenvalue weighted by molar-refractivity contribution is 0.464. The summed E-state index contributed by atoms with van der Waals surface area (Å²) in [5, 5.41) is 7.57. The highest BCUT2D eigenvalue weighted by Gasteiger charge is 2.22. The highest BCUT2D eigenvalue weighted by Crippen LogP contribution is 2.26. The van der Waals surface area contributed by atoms with Gasteiger partial charge in [0.1, 0.15) is 5.02 Å². The average molecular weight is 242 g/mol. The normalized spacial score (nSPS) is 15.5. The Morgan fingerprint density at radius 2 is 2.31 bits per heavy atom. The van der Waals surface area contributed by atoms with E-state index in [0.717, 1.165) is 12.8 Å². The summed E-state index contributed by atoms with van der Waals surface area (Å²) in [6.45, 7) is 4.68. The second-order valence-electron chi connectivity index (χ2n) is 4.67. The molecule has 0 saturated heterocycles. The second kappa shape index (κ2) is 4.45. The van der Waals surface area contributed by atoms with E-state index < -0.39 is 0 Å². The lowest BCUT2D eigenvalue weighted by Crippen LogP contribution is -2.26. The van der Waals surface area contributed by atoms with Crippen LogP contribution in [0.4, 0.5) is 5.69 Å². The minimum atomic E-state index is -0.207. The van der Waals surface area contributed by atoms with E-state index in [1.165, 1.54) is 4.68 Å². The van der Waals surface area contributed by atoms with Gasteiger partial charge in [-0.2, -0.15) is 5.10 Å². The fraction of sp³-hybridized carbons (Fsp3) is 0.636. The van der Waals surface area contributed by atoms with Crippen LogP contribution in [0.2, 0.25) is 5.02 Å². The molecule has 2 rings (SSSR count). The maximum Gasteiger partial charge on any atom is 0.287 e. The van der Waals surface area contributed by atoms with Gasteiger partial charge in [0.25, 0.3) is 5.56 Å². The first-order valence-corrected chi connectivity index (χ1v) is 5.98. The Morgan fingerprint density at radius 1 is 1.62 bits per heavy atom. The zero-order valence-electron chi connectivity index (χ0n) is 9.53. The minimum Gasteiger partial charge on any atom is -0.380 e. The molecular weight excluding hydrogens is 226 g/mol. The Labute approximate surface area is 99.6 Å². The molecule has 16 heavy (non-hydrogen) atoms. The highest BCUT2D eigenvalue weighted by molar-refractivity contribution is 6.32. The number of rotatable bonds is 4. The van der Waals surface area contributed by atoms with Crippen LogP contribution in [0.5, 0.6) is 0 Å². The molecule has 0 spiro atoms. The summed E-state index contributed by atoms with van der Waals surface area (Å²) in [5.41, 5.74) is 0.454. The van der Waals surface area contributed by atoms with E-state index in [9.17, 15) is 4.79 Å². The van der Waals surface area contributed by atoms with Crippen LogP contribution in [0, 0.1) is 5.92 Å². The van der Waals surface area contributed by atoms with Crippen LogP contribution >= 0.6 is 11.6 Å². The Morgan fingerprint density at radius 3 is 2.88 bits per heavy atom. The van der Waals surface area contributed by atoms with Crippen molar-refractivity contribution in [3.8, 4) is 0 Å². The first-order valence-electron chi connectivity index (χ1n) is 5.60. The average Bonchev–Trinajstić information content (AvgIpc) is 3.01. The summed E-state index contributed by atoms with van der Waals surface area (Å²) >= 11 is 6.02. The van der Waals surface area contributed by atoms with Gasteiger partial charge in [0.2, 0.25) is 0 Å².